The third-order valence-corrected chi connectivity index (χ3v) is 2.69. The van der Waals surface area contributed by atoms with Crippen LogP contribution in [0.15, 0.2) is 34.9 Å². The number of hydrogen-bond acceptors (Lipinski definition) is 2. The van der Waals surface area contributed by atoms with E-state index >= 15 is 0 Å². The molecule has 0 atom stereocenters. The van der Waals surface area contributed by atoms with Crippen molar-refractivity contribution in [3.05, 3.63) is 41.4 Å². The van der Waals surface area contributed by atoms with E-state index in [0.717, 1.165) is 30.1 Å². The number of rotatable bonds is 4. The van der Waals surface area contributed by atoms with Crippen LogP contribution < -0.4 is 0 Å². The van der Waals surface area contributed by atoms with E-state index in [-0.39, 0.29) is 0 Å². The first-order chi connectivity index (χ1) is 7.79. The van der Waals surface area contributed by atoms with Crippen molar-refractivity contribution in [3.63, 3.8) is 0 Å². The van der Waals surface area contributed by atoms with Crippen LogP contribution in [0.2, 0.25) is 5.02 Å². The highest BCUT2D eigenvalue weighted by Gasteiger charge is 2.06. The van der Waals surface area contributed by atoms with Gasteiger partial charge in [0.15, 0.2) is 11.7 Å². The van der Waals surface area contributed by atoms with E-state index in [0.29, 0.717) is 10.9 Å². The molecule has 0 fully saturated rings. The van der Waals surface area contributed by atoms with E-state index in [1.54, 1.807) is 6.20 Å². The lowest BCUT2D eigenvalue weighted by molar-refractivity contribution is 0.503. The Kier molecular flexibility index (Phi) is 3.86. The van der Waals surface area contributed by atoms with E-state index in [2.05, 4.69) is 4.98 Å². The zero-order valence-electron chi connectivity index (χ0n) is 8.62. The van der Waals surface area contributed by atoms with Crippen molar-refractivity contribution in [2.75, 3.05) is 5.88 Å². The molecule has 2 nitrogen and oxygen atoms in total. The normalized spacial score (nSPS) is 10.6. The molecule has 0 saturated carbocycles. The molecule has 0 aliphatic heterocycles. The molecule has 0 N–H and O–H groups in total. The highest BCUT2D eigenvalue weighted by molar-refractivity contribution is 6.30. The molecular weight excluding hydrogens is 245 g/mol. The zero-order chi connectivity index (χ0) is 11.4. The standard InChI is InChI=1S/C12H11Cl2NO/c13-6-2-5-12-15-8-11(16-12)9-3-1-4-10(14)7-9/h1,3-4,7-8H,2,5-6H2. The third kappa shape index (κ3) is 2.77. The Bertz CT molecular complexity index is 468. The van der Waals surface area contributed by atoms with Crippen molar-refractivity contribution in [1.29, 1.82) is 0 Å². The quantitative estimate of drug-likeness (QED) is 0.767. The summed E-state index contributed by atoms with van der Waals surface area (Å²) in [5, 5.41) is 0.691. The smallest absolute Gasteiger partial charge is 0.194 e. The van der Waals surface area contributed by atoms with Crippen LogP contribution >= 0.6 is 23.2 Å². The molecule has 2 aromatic rings. The highest BCUT2D eigenvalue weighted by Crippen LogP contribution is 2.23. The Labute approximate surface area is 104 Å². The molecule has 0 aliphatic carbocycles. The number of halogens is 2. The lowest BCUT2D eigenvalue weighted by Crippen LogP contribution is -1.84. The second-order valence-electron chi connectivity index (χ2n) is 3.42. The van der Waals surface area contributed by atoms with E-state index in [4.69, 9.17) is 27.6 Å². The summed E-state index contributed by atoms with van der Waals surface area (Å²) in [4.78, 5) is 4.19. The van der Waals surface area contributed by atoms with Crippen molar-refractivity contribution >= 4 is 23.2 Å². The minimum Gasteiger partial charge on any atom is -0.441 e. The molecule has 0 spiro atoms. The molecule has 1 heterocycles. The monoisotopic (exact) mass is 255 g/mol. The van der Waals surface area contributed by atoms with Gasteiger partial charge in [0.25, 0.3) is 0 Å². The number of benzene rings is 1. The number of alkyl halides is 1. The fraction of sp³-hybridized carbons (Fsp3) is 0.250. The predicted molar refractivity (Wildman–Crippen MR) is 66.0 cm³/mol. The molecule has 4 heteroatoms. The maximum atomic E-state index is 5.91. The van der Waals surface area contributed by atoms with Crippen LogP contribution in [0.5, 0.6) is 0 Å². The molecule has 0 aliphatic rings. The Hall–Kier alpha value is -0.990. The molecule has 0 saturated heterocycles. The van der Waals surface area contributed by atoms with Gasteiger partial charge in [-0.25, -0.2) is 4.98 Å². The lowest BCUT2D eigenvalue weighted by Gasteiger charge is -1.96. The summed E-state index contributed by atoms with van der Waals surface area (Å²) in [6.07, 6.45) is 3.36. The third-order valence-electron chi connectivity index (χ3n) is 2.19. The Morgan fingerprint density at radius 2 is 2.19 bits per heavy atom. The van der Waals surface area contributed by atoms with Gasteiger partial charge in [-0.05, 0) is 18.6 Å². The summed E-state index contributed by atoms with van der Waals surface area (Å²) in [6.45, 7) is 0. The van der Waals surface area contributed by atoms with Crippen LogP contribution in [0.1, 0.15) is 12.3 Å². The van der Waals surface area contributed by atoms with Gasteiger partial charge in [-0.3, -0.25) is 0 Å². The van der Waals surface area contributed by atoms with Gasteiger partial charge in [0, 0.05) is 22.9 Å². The summed E-state index contributed by atoms with van der Waals surface area (Å²) >= 11 is 11.5. The molecule has 1 aromatic carbocycles. The van der Waals surface area contributed by atoms with E-state index in [9.17, 15) is 0 Å². The SMILES string of the molecule is ClCCCc1ncc(-c2cccc(Cl)c2)o1. The summed E-state index contributed by atoms with van der Waals surface area (Å²) < 4.78 is 5.60. The van der Waals surface area contributed by atoms with Gasteiger partial charge in [0.1, 0.15) is 0 Å². The molecule has 0 amide bonds. The first-order valence-electron chi connectivity index (χ1n) is 5.06. The topological polar surface area (TPSA) is 26.0 Å². The number of hydrogen-bond donors (Lipinski definition) is 0. The largest absolute Gasteiger partial charge is 0.441 e. The molecule has 0 unspecified atom stereocenters. The Balaban J connectivity index is 2.18. The Morgan fingerprint density at radius 3 is 2.94 bits per heavy atom. The van der Waals surface area contributed by atoms with E-state index in [1.807, 2.05) is 24.3 Å². The lowest BCUT2D eigenvalue weighted by atomic mass is 10.2. The van der Waals surface area contributed by atoms with Crippen LogP contribution in [0, 0.1) is 0 Å². The minimum absolute atomic E-state index is 0.620. The average molecular weight is 256 g/mol. The molecule has 84 valence electrons. The second-order valence-corrected chi connectivity index (χ2v) is 4.24. The van der Waals surface area contributed by atoms with Gasteiger partial charge in [0.05, 0.1) is 6.20 Å². The van der Waals surface area contributed by atoms with Crippen LogP contribution in [0.4, 0.5) is 0 Å². The van der Waals surface area contributed by atoms with Gasteiger partial charge in [-0.15, -0.1) is 11.6 Å². The van der Waals surface area contributed by atoms with Crippen molar-refractivity contribution in [2.24, 2.45) is 0 Å². The van der Waals surface area contributed by atoms with Crippen molar-refractivity contribution in [1.82, 2.24) is 4.98 Å². The van der Waals surface area contributed by atoms with Gasteiger partial charge >= 0.3 is 0 Å². The Morgan fingerprint density at radius 1 is 1.31 bits per heavy atom. The highest BCUT2D eigenvalue weighted by atomic mass is 35.5. The van der Waals surface area contributed by atoms with Crippen LogP contribution in [-0.4, -0.2) is 10.9 Å². The fourth-order valence-corrected chi connectivity index (χ4v) is 1.74. The van der Waals surface area contributed by atoms with Crippen molar-refractivity contribution in [3.8, 4) is 11.3 Å². The maximum absolute atomic E-state index is 5.91. The minimum atomic E-state index is 0.620. The average Bonchev–Trinajstić information content (AvgIpc) is 2.75. The second kappa shape index (κ2) is 5.37. The zero-order valence-corrected chi connectivity index (χ0v) is 10.1. The first kappa shape index (κ1) is 11.5. The van der Waals surface area contributed by atoms with Gasteiger partial charge in [-0.1, -0.05) is 23.7 Å². The molecule has 16 heavy (non-hydrogen) atoms. The summed E-state index contributed by atoms with van der Waals surface area (Å²) in [7, 11) is 0. The number of oxazole rings is 1. The van der Waals surface area contributed by atoms with Gasteiger partial charge < -0.3 is 4.42 Å². The summed E-state index contributed by atoms with van der Waals surface area (Å²) in [5.74, 6) is 2.08. The summed E-state index contributed by atoms with van der Waals surface area (Å²) in [6, 6.07) is 7.51. The van der Waals surface area contributed by atoms with Crippen LogP contribution in [0.3, 0.4) is 0 Å². The van der Waals surface area contributed by atoms with E-state index < -0.39 is 0 Å². The van der Waals surface area contributed by atoms with E-state index in [1.165, 1.54) is 0 Å². The number of aryl methyl sites for hydroxylation is 1. The molecular formula is C12H11Cl2NO. The van der Waals surface area contributed by atoms with Crippen LogP contribution in [-0.2, 0) is 6.42 Å². The number of nitrogens with zero attached hydrogens (tertiary/aromatic N) is 1. The fourth-order valence-electron chi connectivity index (χ4n) is 1.42. The molecule has 2 rings (SSSR count). The number of aromatic nitrogens is 1. The molecule has 0 radical (unpaired) electrons. The summed E-state index contributed by atoms with van der Waals surface area (Å²) in [5.41, 5.74) is 0.942. The first-order valence-corrected chi connectivity index (χ1v) is 5.97. The van der Waals surface area contributed by atoms with Crippen molar-refractivity contribution in [2.45, 2.75) is 12.8 Å². The molecule has 0 bridgehead atoms. The van der Waals surface area contributed by atoms with Gasteiger partial charge in [0.2, 0.25) is 0 Å². The predicted octanol–water partition coefficient (Wildman–Crippen LogP) is 4.17. The van der Waals surface area contributed by atoms with Gasteiger partial charge in [-0.2, -0.15) is 0 Å². The maximum Gasteiger partial charge on any atom is 0.194 e. The van der Waals surface area contributed by atoms with Crippen LogP contribution in [0.25, 0.3) is 11.3 Å². The van der Waals surface area contributed by atoms with Crippen molar-refractivity contribution < 1.29 is 4.42 Å². The molecule has 1 aromatic heterocycles.